The number of allylic oxidation sites excluding steroid dienone is 3. The molecule has 0 bridgehead atoms. The van der Waals surface area contributed by atoms with Crippen molar-refractivity contribution in [2.24, 2.45) is 0 Å². The van der Waals surface area contributed by atoms with Gasteiger partial charge in [0.1, 0.15) is 6.61 Å². The van der Waals surface area contributed by atoms with Crippen molar-refractivity contribution in [3.8, 4) is 0 Å². The third-order valence-electron chi connectivity index (χ3n) is 3.40. The molecular weight excluding hydrogens is 264 g/mol. The highest BCUT2D eigenvalue weighted by atomic mass is 16.6. The van der Waals surface area contributed by atoms with Crippen molar-refractivity contribution >= 4 is 11.5 Å². The second kappa shape index (κ2) is 8.42. The highest BCUT2D eigenvalue weighted by molar-refractivity contribution is 5.84. The van der Waals surface area contributed by atoms with E-state index in [1.54, 1.807) is 6.08 Å². The molecule has 3 heteroatoms. The fourth-order valence-corrected chi connectivity index (χ4v) is 2.38. The fraction of sp³-hybridized carbons (Fsp3) is 0.389. The lowest BCUT2D eigenvalue weighted by molar-refractivity contribution is -0.139. The maximum absolute atomic E-state index is 11.7. The van der Waals surface area contributed by atoms with Gasteiger partial charge in [0.15, 0.2) is 0 Å². The average Bonchev–Trinajstić information content (AvgIpc) is 2.53. The molecule has 1 aromatic carbocycles. The van der Waals surface area contributed by atoms with Crippen LogP contribution in [0.5, 0.6) is 0 Å². The Morgan fingerprint density at radius 1 is 1.19 bits per heavy atom. The molecule has 0 N–H and O–H groups in total. The Balaban J connectivity index is 1.96. The lowest BCUT2D eigenvalue weighted by Crippen LogP contribution is -2.09. The summed E-state index contributed by atoms with van der Waals surface area (Å²) in [6.45, 7) is 3.33. The number of hydrogen-bond acceptors (Lipinski definition) is 3. The van der Waals surface area contributed by atoms with Crippen LogP contribution in [0.1, 0.15) is 31.7 Å². The molecule has 0 heterocycles. The molecule has 0 saturated carbocycles. The van der Waals surface area contributed by atoms with Gasteiger partial charge in [-0.2, -0.15) is 0 Å². The molecule has 0 atom stereocenters. The first-order valence-corrected chi connectivity index (χ1v) is 7.50. The van der Waals surface area contributed by atoms with Gasteiger partial charge >= 0.3 is 5.97 Å². The van der Waals surface area contributed by atoms with E-state index in [4.69, 9.17) is 9.47 Å². The number of carbonyl (C=O) groups excluding carboxylic acids is 1. The van der Waals surface area contributed by atoms with Crippen LogP contribution in [0.3, 0.4) is 0 Å². The summed E-state index contributed by atoms with van der Waals surface area (Å²) < 4.78 is 10.3. The van der Waals surface area contributed by atoms with Gasteiger partial charge in [0.05, 0.1) is 6.61 Å². The van der Waals surface area contributed by atoms with Crippen LogP contribution < -0.4 is 0 Å². The fourth-order valence-electron chi connectivity index (χ4n) is 2.38. The van der Waals surface area contributed by atoms with Crippen molar-refractivity contribution in [2.75, 3.05) is 19.8 Å². The van der Waals surface area contributed by atoms with Gasteiger partial charge < -0.3 is 9.47 Å². The summed E-state index contributed by atoms with van der Waals surface area (Å²) in [6.07, 6.45) is 6.77. The van der Waals surface area contributed by atoms with Crippen molar-refractivity contribution < 1.29 is 14.3 Å². The van der Waals surface area contributed by atoms with E-state index in [9.17, 15) is 4.79 Å². The smallest absolute Gasteiger partial charge is 0.331 e. The van der Waals surface area contributed by atoms with Crippen LogP contribution in [0.2, 0.25) is 0 Å². The van der Waals surface area contributed by atoms with Crippen LogP contribution in [0.25, 0.3) is 5.57 Å². The van der Waals surface area contributed by atoms with E-state index >= 15 is 0 Å². The summed E-state index contributed by atoms with van der Waals surface area (Å²) in [5.74, 6) is -0.282. The van der Waals surface area contributed by atoms with E-state index in [1.165, 1.54) is 11.1 Å². The van der Waals surface area contributed by atoms with Crippen LogP contribution in [0.4, 0.5) is 0 Å². The number of ether oxygens (including phenoxy) is 2. The molecule has 0 aromatic heterocycles. The Bertz CT molecular complexity index is 515. The first-order chi connectivity index (χ1) is 10.3. The lowest BCUT2D eigenvalue weighted by atomic mass is 9.90. The minimum Gasteiger partial charge on any atom is -0.460 e. The third-order valence-corrected chi connectivity index (χ3v) is 3.40. The van der Waals surface area contributed by atoms with E-state index < -0.39 is 0 Å². The Labute approximate surface area is 126 Å². The number of rotatable bonds is 6. The molecule has 0 fully saturated rings. The molecule has 21 heavy (non-hydrogen) atoms. The van der Waals surface area contributed by atoms with E-state index in [-0.39, 0.29) is 5.97 Å². The normalized spacial score (nSPS) is 16.6. The van der Waals surface area contributed by atoms with Crippen molar-refractivity contribution in [1.82, 2.24) is 0 Å². The molecule has 3 nitrogen and oxygen atoms in total. The minimum atomic E-state index is -0.282. The van der Waals surface area contributed by atoms with Crippen LogP contribution in [-0.2, 0) is 14.3 Å². The molecule has 0 unspecified atom stereocenters. The van der Waals surface area contributed by atoms with Crippen molar-refractivity contribution in [2.45, 2.75) is 26.2 Å². The largest absolute Gasteiger partial charge is 0.460 e. The second-order valence-electron chi connectivity index (χ2n) is 4.97. The topological polar surface area (TPSA) is 35.5 Å². The van der Waals surface area contributed by atoms with Crippen molar-refractivity contribution in [3.63, 3.8) is 0 Å². The molecule has 2 rings (SSSR count). The van der Waals surface area contributed by atoms with E-state index in [2.05, 4.69) is 18.2 Å². The summed E-state index contributed by atoms with van der Waals surface area (Å²) in [5, 5.41) is 0. The molecule has 0 amide bonds. The lowest BCUT2D eigenvalue weighted by Gasteiger charge is -2.15. The maximum atomic E-state index is 11.7. The molecule has 1 aromatic rings. The van der Waals surface area contributed by atoms with Gasteiger partial charge in [-0.25, -0.2) is 4.79 Å². The first-order valence-electron chi connectivity index (χ1n) is 7.50. The molecule has 0 saturated heterocycles. The van der Waals surface area contributed by atoms with Gasteiger partial charge in [0.2, 0.25) is 0 Å². The van der Waals surface area contributed by atoms with Crippen LogP contribution in [0, 0.1) is 0 Å². The van der Waals surface area contributed by atoms with Gasteiger partial charge in [-0.05, 0) is 42.9 Å². The zero-order chi connectivity index (χ0) is 14.9. The van der Waals surface area contributed by atoms with Gasteiger partial charge in [-0.3, -0.25) is 0 Å². The molecule has 0 radical (unpaired) electrons. The summed E-state index contributed by atoms with van der Waals surface area (Å²) in [6, 6.07) is 10.3. The predicted molar refractivity (Wildman–Crippen MR) is 83.8 cm³/mol. The van der Waals surface area contributed by atoms with Crippen molar-refractivity contribution in [3.05, 3.63) is 53.6 Å². The monoisotopic (exact) mass is 286 g/mol. The van der Waals surface area contributed by atoms with Crippen LogP contribution in [0.15, 0.2) is 48.1 Å². The zero-order valence-electron chi connectivity index (χ0n) is 12.5. The maximum Gasteiger partial charge on any atom is 0.331 e. The van der Waals surface area contributed by atoms with Gasteiger partial charge in [0.25, 0.3) is 0 Å². The molecule has 112 valence electrons. The number of carbonyl (C=O) groups is 1. The van der Waals surface area contributed by atoms with Gasteiger partial charge in [0, 0.05) is 12.7 Å². The van der Waals surface area contributed by atoms with E-state index in [1.807, 2.05) is 25.1 Å². The highest BCUT2D eigenvalue weighted by Crippen LogP contribution is 2.29. The van der Waals surface area contributed by atoms with Gasteiger partial charge in [-0.15, -0.1) is 0 Å². The highest BCUT2D eigenvalue weighted by Gasteiger charge is 2.10. The Hall–Kier alpha value is -1.87. The summed E-state index contributed by atoms with van der Waals surface area (Å²) in [4.78, 5) is 11.7. The predicted octanol–water partition coefficient (Wildman–Crippen LogP) is 3.76. The van der Waals surface area contributed by atoms with Gasteiger partial charge in [-0.1, -0.05) is 36.4 Å². The SMILES string of the molecule is CCOCCOC(=O)C=C1C=C(c2ccccc2)CCC1. The minimum absolute atomic E-state index is 0.282. The molecule has 1 aliphatic rings. The molecule has 1 aliphatic carbocycles. The quantitative estimate of drug-likeness (QED) is 0.454. The van der Waals surface area contributed by atoms with Crippen molar-refractivity contribution in [1.29, 1.82) is 0 Å². The Morgan fingerprint density at radius 3 is 2.76 bits per heavy atom. The molecular formula is C18H22O3. The summed E-state index contributed by atoms with van der Waals surface area (Å²) >= 11 is 0. The molecule has 0 aliphatic heterocycles. The Kier molecular flexibility index (Phi) is 6.22. The first kappa shape index (κ1) is 15.5. The summed E-state index contributed by atoms with van der Waals surface area (Å²) in [7, 11) is 0. The number of benzene rings is 1. The van der Waals surface area contributed by atoms with Crippen LogP contribution >= 0.6 is 0 Å². The summed E-state index contributed by atoms with van der Waals surface area (Å²) in [5.41, 5.74) is 3.56. The van der Waals surface area contributed by atoms with E-state index in [0.717, 1.165) is 24.8 Å². The second-order valence-corrected chi connectivity index (χ2v) is 4.97. The zero-order valence-corrected chi connectivity index (χ0v) is 12.5. The standard InChI is InChI=1S/C18H22O3/c1-2-20-11-12-21-18(19)14-15-7-6-10-17(13-15)16-8-4-3-5-9-16/h3-5,8-9,13-14H,2,6-7,10-12H2,1H3. The number of hydrogen-bond donors (Lipinski definition) is 0. The third kappa shape index (κ3) is 5.20. The number of esters is 1. The average molecular weight is 286 g/mol. The Morgan fingerprint density at radius 2 is 2.00 bits per heavy atom. The van der Waals surface area contributed by atoms with E-state index in [0.29, 0.717) is 19.8 Å². The molecule has 0 spiro atoms. The van der Waals surface area contributed by atoms with Crippen LogP contribution in [-0.4, -0.2) is 25.8 Å².